The second-order valence-electron chi connectivity index (χ2n) is 12.3. The molecule has 10 heteroatoms. The molecule has 0 radical (unpaired) electrons. The third-order valence-electron chi connectivity index (χ3n) is 8.81. The summed E-state index contributed by atoms with van der Waals surface area (Å²) >= 11 is 3.38. The largest absolute Gasteiger partial charge is 0.368 e. The molecule has 2 fully saturated rings. The Labute approximate surface area is 288 Å². The highest BCUT2D eigenvalue weighted by atomic mass is 32.2. The number of hydrogen-bond donors (Lipinski definition) is 4. The average molecular weight is 683 g/mol. The minimum absolute atomic E-state index is 0.174. The van der Waals surface area contributed by atoms with E-state index >= 15 is 0 Å². The lowest BCUT2D eigenvalue weighted by Gasteiger charge is -2.31. The molecule has 0 unspecified atom stereocenters. The second-order valence-corrected chi connectivity index (χ2v) is 14.4. The summed E-state index contributed by atoms with van der Waals surface area (Å²) in [4.78, 5) is 15.7. The molecule has 48 heavy (non-hydrogen) atoms. The van der Waals surface area contributed by atoms with Crippen molar-refractivity contribution >= 4 is 56.7 Å². The molecule has 0 bridgehead atoms. The number of aromatic amines is 2. The van der Waals surface area contributed by atoms with Gasteiger partial charge in [-0.25, -0.2) is 8.78 Å². The van der Waals surface area contributed by atoms with Crippen molar-refractivity contribution in [1.82, 2.24) is 20.6 Å². The van der Waals surface area contributed by atoms with Gasteiger partial charge >= 0.3 is 0 Å². The molecule has 2 saturated heterocycles. The smallest absolute Gasteiger partial charge is 0.133 e. The van der Waals surface area contributed by atoms with Gasteiger partial charge in [0.1, 0.15) is 11.6 Å². The van der Waals surface area contributed by atoms with Crippen molar-refractivity contribution < 1.29 is 8.78 Å². The lowest BCUT2D eigenvalue weighted by Crippen LogP contribution is -2.43. The summed E-state index contributed by atoms with van der Waals surface area (Å²) in [5.74, 6) is -0.384. The van der Waals surface area contributed by atoms with Gasteiger partial charge in [-0.3, -0.25) is 0 Å². The molecular formula is C38H40F2N6S2. The van der Waals surface area contributed by atoms with Crippen LogP contribution in [0.1, 0.15) is 11.1 Å². The first-order chi connectivity index (χ1) is 23.4. The first kappa shape index (κ1) is 32.6. The number of halogens is 2. The van der Waals surface area contributed by atoms with Crippen molar-refractivity contribution in [2.45, 2.75) is 33.4 Å². The van der Waals surface area contributed by atoms with Crippen LogP contribution in [0.15, 0.2) is 105 Å². The number of nitrogens with one attached hydrogen (secondary N) is 4. The van der Waals surface area contributed by atoms with E-state index in [0.717, 1.165) is 78.6 Å². The van der Waals surface area contributed by atoms with Gasteiger partial charge in [-0.1, -0.05) is 41.7 Å². The van der Waals surface area contributed by atoms with Gasteiger partial charge in [-0.15, -0.1) is 0 Å². The highest BCUT2D eigenvalue weighted by Crippen LogP contribution is 2.41. The summed E-state index contributed by atoms with van der Waals surface area (Å²) in [6.07, 6.45) is 3.87. The molecule has 8 rings (SSSR count). The summed E-state index contributed by atoms with van der Waals surface area (Å²) in [6.45, 7) is 12.3. The molecule has 248 valence electrons. The van der Waals surface area contributed by atoms with E-state index in [2.05, 4.69) is 80.6 Å². The van der Waals surface area contributed by atoms with Gasteiger partial charge in [-0.2, -0.15) is 0 Å². The zero-order valence-electron chi connectivity index (χ0n) is 27.2. The average Bonchev–Trinajstić information content (AvgIpc) is 3.71. The van der Waals surface area contributed by atoms with Gasteiger partial charge in [0.2, 0.25) is 0 Å². The molecule has 2 aromatic heterocycles. The topological polar surface area (TPSA) is 62.1 Å². The van der Waals surface area contributed by atoms with Gasteiger partial charge in [0, 0.05) is 106 Å². The molecule has 0 saturated carbocycles. The molecule has 6 aromatic rings. The minimum atomic E-state index is -0.210. The molecule has 0 spiro atoms. The first-order valence-electron chi connectivity index (χ1n) is 16.4. The van der Waals surface area contributed by atoms with Crippen molar-refractivity contribution in [2.75, 3.05) is 62.2 Å². The van der Waals surface area contributed by atoms with Crippen LogP contribution in [0.2, 0.25) is 0 Å². The fourth-order valence-corrected chi connectivity index (χ4v) is 8.48. The maximum atomic E-state index is 14.3. The van der Waals surface area contributed by atoms with Crippen LogP contribution in [0, 0.1) is 25.5 Å². The zero-order chi connectivity index (χ0) is 33.0. The van der Waals surface area contributed by atoms with Crippen LogP contribution in [0.5, 0.6) is 0 Å². The fourth-order valence-electron chi connectivity index (χ4n) is 6.32. The van der Waals surface area contributed by atoms with E-state index < -0.39 is 0 Å². The Balaban J connectivity index is 0.000000152. The molecule has 0 amide bonds. The number of rotatable bonds is 6. The van der Waals surface area contributed by atoms with Gasteiger partial charge in [0.25, 0.3) is 0 Å². The van der Waals surface area contributed by atoms with E-state index in [9.17, 15) is 8.78 Å². The van der Waals surface area contributed by atoms with Crippen molar-refractivity contribution in [3.8, 4) is 0 Å². The van der Waals surface area contributed by atoms with Crippen LogP contribution in [-0.4, -0.2) is 62.3 Å². The standard InChI is InChI=1S/2C19H20FN3S/c1-13-2-5-18(17(10-13)23-8-6-21-7-9-23)24-19-12-22-16-11-14(20)3-4-15(16)19;1-13-5-6-17(16(11-13)23-9-7-21-8-10-23)24-18-12-22-15-4-2-3-14(20)19(15)18/h2-5,10-12,21-22H,6-9H2,1H3;2-6,11-12,21-22H,7-10H2,1H3. The summed E-state index contributed by atoms with van der Waals surface area (Å²) < 4.78 is 27.6. The Morgan fingerprint density at radius 1 is 0.583 bits per heavy atom. The molecule has 0 atom stereocenters. The molecule has 0 aliphatic carbocycles. The third-order valence-corrected chi connectivity index (χ3v) is 11.0. The Bertz CT molecular complexity index is 2030. The molecule has 2 aliphatic heterocycles. The molecule has 6 nitrogen and oxygen atoms in total. The molecule has 4 N–H and O–H groups in total. The van der Waals surface area contributed by atoms with E-state index in [1.54, 1.807) is 35.7 Å². The highest BCUT2D eigenvalue weighted by Gasteiger charge is 2.18. The van der Waals surface area contributed by atoms with Gasteiger partial charge in [0.15, 0.2) is 0 Å². The number of benzene rings is 4. The maximum absolute atomic E-state index is 14.3. The van der Waals surface area contributed by atoms with Gasteiger partial charge in [0.05, 0.1) is 11.4 Å². The number of H-pyrrole nitrogens is 2. The number of piperazine rings is 2. The van der Waals surface area contributed by atoms with E-state index in [4.69, 9.17) is 0 Å². The molecule has 4 aromatic carbocycles. The van der Waals surface area contributed by atoms with Crippen molar-refractivity contribution in [3.63, 3.8) is 0 Å². The predicted octanol–water partition coefficient (Wildman–Crippen LogP) is 8.35. The fraction of sp³-hybridized carbons (Fsp3) is 0.263. The summed E-state index contributed by atoms with van der Waals surface area (Å²) in [7, 11) is 0. The summed E-state index contributed by atoms with van der Waals surface area (Å²) in [6, 6.07) is 23.2. The van der Waals surface area contributed by atoms with E-state index in [1.165, 1.54) is 44.4 Å². The second kappa shape index (κ2) is 14.7. The normalized spacial score (nSPS) is 15.2. The quantitative estimate of drug-likeness (QED) is 0.142. The first-order valence-corrected chi connectivity index (χ1v) is 18.1. The van der Waals surface area contributed by atoms with Crippen LogP contribution in [0.4, 0.5) is 20.2 Å². The Hall–Kier alpha value is -3.96. The Kier molecular flexibility index (Phi) is 9.95. The van der Waals surface area contributed by atoms with E-state index in [0.29, 0.717) is 5.39 Å². The number of nitrogens with zero attached hydrogens (tertiary/aromatic N) is 2. The van der Waals surface area contributed by atoms with E-state index in [-0.39, 0.29) is 11.6 Å². The minimum Gasteiger partial charge on any atom is -0.368 e. The highest BCUT2D eigenvalue weighted by molar-refractivity contribution is 8.00. The Morgan fingerprint density at radius 2 is 1.15 bits per heavy atom. The number of hydrogen-bond acceptors (Lipinski definition) is 6. The lowest BCUT2D eigenvalue weighted by atomic mass is 10.2. The van der Waals surface area contributed by atoms with Gasteiger partial charge in [-0.05, 0) is 79.6 Å². The molecule has 4 heterocycles. The third kappa shape index (κ3) is 7.22. The molecular weight excluding hydrogens is 643 g/mol. The van der Waals surface area contributed by atoms with Crippen LogP contribution in [0.25, 0.3) is 21.8 Å². The number of anilines is 2. The van der Waals surface area contributed by atoms with Gasteiger partial charge < -0.3 is 30.4 Å². The van der Waals surface area contributed by atoms with Crippen LogP contribution < -0.4 is 20.4 Å². The van der Waals surface area contributed by atoms with Crippen LogP contribution in [0.3, 0.4) is 0 Å². The zero-order valence-corrected chi connectivity index (χ0v) is 28.8. The van der Waals surface area contributed by atoms with E-state index in [1.807, 2.05) is 24.5 Å². The number of aromatic nitrogens is 2. The Morgan fingerprint density at radius 3 is 1.77 bits per heavy atom. The SMILES string of the molecule is Cc1ccc(Sc2c[nH]c3cc(F)ccc23)c(N2CCNCC2)c1.Cc1ccc(Sc2c[nH]c3cccc(F)c23)c(N2CCNCC2)c1. The predicted molar refractivity (Wildman–Crippen MR) is 197 cm³/mol. The van der Waals surface area contributed by atoms with Crippen molar-refractivity contribution in [3.05, 3.63) is 108 Å². The number of fused-ring (bicyclic) bond motifs is 2. The lowest BCUT2D eigenvalue weighted by molar-refractivity contribution is 0.587. The monoisotopic (exact) mass is 682 g/mol. The van der Waals surface area contributed by atoms with Crippen LogP contribution in [-0.2, 0) is 0 Å². The van der Waals surface area contributed by atoms with Crippen molar-refractivity contribution in [2.24, 2.45) is 0 Å². The summed E-state index contributed by atoms with van der Waals surface area (Å²) in [5.41, 5.74) is 6.73. The maximum Gasteiger partial charge on any atom is 0.133 e. The molecule has 2 aliphatic rings. The van der Waals surface area contributed by atoms with Crippen molar-refractivity contribution in [1.29, 1.82) is 0 Å². The van der Waals surface area contributed by atoms with Crippen LogP contribution >= 0.6 is 23.5 Å². The number of aryl methyl sites for hydroxylation is 2. The summed E-state index contributed by atoms with van der Waals surface area (Å²) in [5, 5.41) is 8.54.